The van der Waals surface area contributed by atoms with E-state index in [1.165, 1.54) is 10.9 Å². The molecule has 1 radical (unpaired) electrons. The van der Waals surface area contributed by atoms with Gasteiger partial charge < -0.3 is 7.97 Å². The standard InChI is InChI=1S/C12H8NO.Al.H/c1-3-9-6-7-13-12(9)10(4-1)11-5-2-8-14-11;;/h1-8H;;/q-1;+1;. The van der Waals surface area contributed by atoms with Crippen LogP contribution < -0.4 is 0 Å². The van der Waals surface area contributed by atoms with Gasteiger partial charge in [-0.2, -0.15) is 0 Å². The molecule has 0 N–H and O–H groups in total. The predicted molar refractivity (Wildman–Crippen MR) is 62.2 cm³/mol. The Balaban J connectivity index is 2.39. The third-order valence-corrected chi connectivity index (χ3v) is 3.10. The number of furan rings is 1. The fourth-order valence-corrected chi connectivity index (χ4v) is 2.35. The van der Waals surface area contributed by atoms with Crippen LogP contribution in [0.4, 0.5) is 0 Å². The molecule has 0 bridgehead atoms. The molecule has 0 saturated heterocycles. The molecule has 3 aromatic rings. The topological polar surface area (TPSA) is 18.1 Å². The van der Waals surface area contributed by atoms with E-state index >= 15 is 0 Å². The van der Waals surface area contributed by atoms with Crippen molar-refractivity contribution in [1.82, 2.24) is 3.55 Å². The normalized spacial score (nSPS) is 10.9. The van der Waals surface area contributed by atoms with Gasteiger partial charge in [0.15, 0.2) is 0 Å². The Morgan fingerprint density at radius 3 is 2.80 bits per heavy atom. The van der Waals surface area contributed by atoms with E-state index in [1.807, 2.05) is 28.6 Å². The zero-order valence-electron chi connectivity index (χ0n) is 8.18. The van der Waals surface area contributed by atoms with E-state index < -0.39 is 0 Å². The zero-order valence-corrected chi connectivity index (χ0v) is 9.60. The molecular formula is C12H9AlNO. The van der Waals surface area contributed by atoms with Gasteiger partial charge in [0.05, 0.1) is 6.26 Å². The lowest BCUT2D eigenvalue weighted by Gasteiger charge is -2.03. The Morgan fingerprint density at radius 1 is 1.07 bits per heavy atom. The fraction of sp³-hybridized carbons (Fsp3) is 0. The Hall–Kier alpha value is -1.43. The zero-order chi connectivity index (χ0) is 10.3. The highest BCUT2D eigenvalue weighted by atomic mass is 27.1. The van der Waals surface area contributed by atoms with Gasteiger partial charge in [0.2, 0.25) is 0 Å². The maximum atomic E-state index is 5.44. The first-order valence-corrected chi connectivity index (χ1v) is 5.44. The molecular weight excluding hydrogens is 201 g/mol. The summed E-state index contributed by atoms with van der Waals surface area (Å²) in [6, 6.07) is 12.3. The van der Waals surface area contributed by atoms with Crippen molar-refractivity contribution in [3.05, 3.63) is 48.9 Å². The summed E-state index contributed by atoms with van der Waals surface area (Å²) in [4.78, 5) is 0. The largest absolute Gasteiger partial charge is 0.464 e. The Labute approximate surface area is 95.8 Å². The van der Waals surface area contributed by atoms with Crippen molar-refractivity contribution >= 4 is 27.4 Å². The van der Waals surface area contributed by atoms with Crippen LogP contribution in [-0.2, 0) is 0 Å². The van der Waals surface area contributed by atoms with Crippen molar-refractivity contribution < 1.29 is 4.42 Å². The van der Waals surface area contributed by atoms with E-state index in [1.54, 1.807) is 6.26 Å². The van der Waals surface area contributed by atoms with Gasteiger partial charge in [0.1, 0.15) is 5.76 Å². The quantitative estimate of drug-likeness (QED) is 0.564. The van der Waals surface area contributed by atoms with Crippen molar-refractivity contribution in [3.8, 4) is 11.3 Å². The molecule has 1 aromatic carbocycles. The van der Waals surface area contributed by atoms with E-state index in [2.05, 4.69) is 34.0 Å². The molecule has 2 aromatic heterocycles. The van der Waals surface area contributed by atoms with Crippen LogP contribution in [0, 0.1) is 0 Å². The number of rotatable bonds is 1. The lowest BCUT2D eigenvalue weighted by atomic mass is 10.1. The highest BCUT2D eigenvalue weighted by Gasteiger charge is 2.07. The summed E-state index contributed by atoms with van der Waals surface area (Å²) < 4.78 is 7.59. The molecule has 3 heteroatoms. The fourth-order valence-electron chi connectivity index (χ4n) is 1.89. The first kappa shape index (κ1) is 8.85. The van der Waals surface area contributed by atoms with Crippen molar-refractivity contribution in [2.75, 3.05) is 0 Å². The Bertz CT molecular complexity index is 595. The van der Waals surface area contributed by atoms with Crippen molar-refractivity contribution in [2.24, 2.45) is 0 Å². The maximum absolute atomic E-state index is 5.44. The number of nitrogens with zero attached hydrogens (tertiary/aromatic N) is 1. The second-order valence-electron chi connectivity index (χ2n) is 3.51. The van der Waals surface area contributed by atoms with E-state index in [0.717, 1.165) is 11.3 Å². The van der Waals surface area contributed by atoms with Crippen LogP contribution in [0.1, 0.15) is 0 Å². The van der Waals surface area contributed by atoms with Crippen LogP contribution in [0.15, 0.2) is 53.3 Å². The molecule has 0 saturated carbocycles. The van der Waals surface area contributed by atoms with Gasteiger partial charge in [0, 0.05) is 11.1 Å². The molecule has 0 unspecified atom stereocenters. The SMILES string of the molecule is [AlH][n]1ccc2cccc(-c3ccco3)c21. The lowest BCUT2D eigenvalue weighted by molar-refractivity contribution is 0.583. The molecule has 0 aliphatic heterocycles. The molecule has 15 heavy (non-hydrogen) atoms. The van der Waals surface area contributed by atoms with Gasteiger partial charge in [0.25, 0.3) is 0 Å². The summed E-state index contributed by atoms with van der Waals surface area (Å²) in [6.07, 6.45) is 3.79. The number of benzene rings is 1. The van der Waals surface area contributed by atoms with Crippen LogP contribution in [-0.4, -0.2) is 20.1 Å². The lowest BCUT2D eigenvalue weighted by Crippen LogP contribution is -1.89. The third-order valence-electron chi connectivity index (χ3n) is 2.58. The summed E-state index contributed by atoms with van der Waals surface area (Å²) in [7, 11) is 0. The number of para-hydroxylation sites is 1. The van der Waals surface area contributed by atoms with Gasteiger partial charge in [-0.05, 0) is 35.8 Å². The van der Waals surface area contributed by atoms with Crippen LogP contribution >= 0.6 is 0 Å². The summed E-state index contributed by atoms with van der Waals surface area (Å²) in [5.41, 5.74) is 2.38. The molecule has 0 aliphatic rings. The van der Waals surface area contributed by atoms with E-state index in [4.69, 9.17) is 4.42 Å². The van der Waals surface area contributed by atoms with Gasteiger partial charge in [-0.25, -0.2) is 0 Å². The van der Waals surface area contributed by atoms with E-state index in [-0.39, 0.29) is 0 Å². The summed E-state index contributed by atoms with van der Waals surface area (Å²) >= 11 is 1.84. The summed E-state index contributed by atoms with van der Waals surface area (Å²) in [5.74, 6) is 0.923. The van der Waals surface area contributed by atoms with Crippen LogP contribution in [0.2, 0.25) is 0 Å². The molecule has 2 nitrogen and oxygen atoms in total. The minimum atomic E-state index is 0.923. The summed E-state index contributed by atoms with van der Waals surface area (Å²) in [5, 5.41) is 1.25. The molecule has 0 spiro atoms. The van der Waals surface area contributed by atoms with Crippen molar-refractivity contribution in [2.45, 2.75) is 0 Å². The maximum Gasteiger partial charge on any atom is 0.348 e. The number of fused-ring (bicyclic) bond motifs is 1. The minimum Gasteiger partial charge on any atom is -0.464 e. The van der Waals surface area contributed by atoms with Crippen LogP contribution in [0.3, 0.4) is 0 Å². The number of hydrogen-bond donors (Lipinski definition) is 0. The average molecular weight is 210 g/mol. The van der Waals surface area contributed by atoms with Crippen LogP contribution in [0.5, 0.6) is 0 Å². The molecule has 2 heterocycles. The molecule has 71 valence electrons. The third kappa shape index (κ3) is 1.32. The number of hydrogen-bond acceptors (Lipinski definition) is 1. The smallest absolute Gasteiger partial charge is 0.348 e. The van der Waals surface area contributed by atoms with Gasteiger partial charge in [-0.1, -0.05) is 12.1 Å². The Morgan fingerprint density at radius 2 is 2.00 bits per heavy atom. The average Bonchev–Trinajstić information content (AvgIpc) is 2.88. The molecule has 0 atom stereocenters. The van der Waals surface area contributed by atoms with E-state index in [9.17, 15) is 0 Å². The Kier molecular flexibility index (Phi) is 1.95. The molecule has 0 amide bonds. The molecule has 0 fully saturated rings. The van der Waals surface area contributed by atoms with Crippen molar-refractivity contribution in [1.29, 1.82) is 0 Å². The second kappa shape index (κ2) is 3.30. The second-order valence-corrected chi connectivity index (χ2v) is 4.19. The highest BCUT2D eigenvalue weighted by molar-refractivity contribution is 6.13. The monoisotopic (exact) mass is 210 g/mol. The first-order valence-electron chi connectivity index (χ1n) is 4.81. The van der Waals surface area contributed by atoms with Gasteiger partial charge in [-0.15, -0.1) is 0 Å². The predicted octanol–water partition coefficient (Wildman–Crippen LogP) is 2.57. The first-order chi connectivity index (χ1) is 7.36. The van der Waals surface area contributed by atoms with E-state index in [0.29, 0.717) is 0 Å². The summed E-state index contributed by atoms with van der Waals surface area (Å²) in [6.45, 7) is 0. The highest BCUT2D eigenvalue weighted by Crippen LogP contribution is 2.28. The minimum absolute atomic E-state index is 0.923. The molecule has 3 rings (SSSR count). The number of aromatic nitrogens is 1. The van der Waals surface area contributed by atoms with Gasteiger partial charge >= 0.3 is 16.5 Å². The van der Waals surface area contributed by atoms with Crippen molar-refractivity contribution in [3.63, 3.8) is 0 Å². The molecule has 0 aliphatic carbocycles. The van der Waals surface area contributed by atoms with Crippen LogP contribution in [0.25, 0.3) is 22.2 Å². The van der Waals surface area contributed by atoms with Gasteiger partial charge in [-0.3, -0.25) is 0 Å².